The van der Waals surface area contributed by atoms with Gasteiger partial charge in [-0.15, -0.1) is 0 Å². The van der Waals surface area contributed by atoms with E-state index in [-0.39, 0.29) is 24.8 Å². The number of piperazine rings is 1. The van der Waals surface area contributed by atoms with Crippen LogP contribution >= 0.6 is 0 Å². The second-order valence-corrected chi connectivity index (χ2v) is 7.84. The average molecular weight is 425 g/mol. The zero-order chi connectivity index (χ0) is 21.6. The fourth-order valence-electron chi connectivity index (χ4n) is 3.95. The Morgan fingerprint density at radius 3 is 2.68 bits per heavy atom. The lowest BCUT2D eigenvalue weighted by molar-refractivity contribution is -0.133. The SMILES string of the molecule is O=C(CC[C@@H]1NC(=O)N(Cc2ccco2)C1=O)N1CCN(CCc2ccccn2)CC1. The molecule has 164 valence electrons. The van der Waals surface area contributed by atoms with Gasteiger partial charge in [-0.3, -0.25) is 24.4 Å². The molecule has 0 bridgehead atoms. The Morgan fingerprint density at radius 1 is 1.13 bits per heavy atom. The summed E-state index contributed by atoms with van der Waals surface area (Å²) in [6.07, 6.45) is 4.74. The molecule has 0 unspecified atom stereocenters. The van der Waals surface area contributed by atoms with Crippen LogP contribution in [-0.2, 0) is 22.6 Å². The predicted octanol–water partition coefficient (Wildman–Crippen LogP) is 1.26. The maximum atomic E-state index is 12.6. The normalized spacial score (nSPS) is 19.7. The molecule has 9 nitrogen and oxygen atoms in total. The van der Waals surface area contributed by atoms with Crippen LogP contribution in [0, 0.1) is 0 Å². The first-order valence-corrected chi connectivity index (χ1v) is 10.6. The van der Waals surface area contributed by atoms with E-state index in [1.54, 1.807) is 18.3 Å². The van der Waals surface area contributed by atoms with Gasteiger partial charge >= 0.3 is 6.03 Å². The van der Waals surface area contributed by atoms with Crippen LogP contribution in [0.1, 0.15) is 24.3 Å². The quantitative estimate of drug-likeness (QED) is 0.640. The average Bonchev–Trinajstić information content (AvgIpc) is 3.41. The number of urea groups is 1. The molecular weight excluding hydrogens is 398 g/mol. The number of hydrogen-bond acceptors (Lipinski definition) is 6. The molecule has 2 aromatic rings. The maximum Gasteiger partial charge on any atom is 0.325 e. The van der Waals surface area contributed by atoms with E-state index in [0.29, 0.717) is 25.3 Å². The van der Waals surface area contributed by atoms with Crippen molar-refractivity contribution in [1.29, 1.82) is 0 Å². The molecular formula is C22H27N5O4. The number of hydrogen-bond donors (Lipinski definition) is 1. The number of aromatic nitrogens is 1. The summed E-state index contributed by atoms with van der Waals surface area (Å²) in [7, 11) is 0. The summed E-state index contributed by atoms with van der Waals surface area (Å²) in [5.41, 5.74) is 1.07. The molecule has 31 heavy (non-hydrogen) atoms. The van der Waals surface area contributed by atoms with Crippen LogP contribution in [0.2, 0.25) is 0 Å². The van der Waals surface area contributed by atoms with E-state index in [4.69, 9.17) is 4.42 Å². The van der Waals surface area contributed by atoms with Gasteiger partial charge in [0, 0.05) is 57.5 Å². The lowest BCUT2D eigenvalue weighted by Crippen LogP contribution is -2.49. The van der Waals surface area contributed by atoms with Crippen molar-refractivity contribution in [3.8, 4) is 0 Å². The standard InChI is InChI=1S/C22H27N5O4/c28-20(26-13-11-25(12-14-26)10-8-17-4-1-2-9-23-17)7-6-19-21(29)27(22(30)24-19)16-18-5-3-15-31-18/h1-5,9,15,19H,6-8,10-14,16H2,(H,24,30)/t19-/m0/s1. The molecule has 4 rings (SSSR count). The van der Waals surface area contributed by atoms with Crippen molar-refractivity contribution in [2.45, 2.75) is 31.8 Å². The monoisotopic (exact) mass is 425 g/mol. The van der Waals surface area contributed by atoms with Crippen molar-refractivity contribution >= 4 is 17.8 Å². The van der Waals surface area contributed by atoms with Gasteiger partial charge in [0.15, 0.2) is 0 Å². The number of rotatable bonds is 8. The second-order valence-electron chi connectivity index (χ2n) is 7.84. The zero-order valence-corrected chi connectivity index (χ0v) is 17.4. The number of carbonyl (C=O) groups is 3. The minimum atomic E-state index is -0.661. The summed E-state index contributed by atoms with van der Waals surface area (Å²) in [4.78, 5) is 46.9. The zero-order valence-electron chi connectivity index (χ0n) is 17.4. The summed E-state index contributed by atoms with van der Waals surface area (Å²) in [6, 6.07) is 8.25. The van der Waals surface area contributed by atoms with E-state index < -0.39 is 12.1 Å². The number of nitrogens with one attached hydrogen (secondary N) is 1. The lowest BCUT2D eigenvalue weighted by Gasteiger charge is -2.34. The van der Waals surface area contributed by atoms with Crippen molar-refractivity contribution in [1.82, 2.24) is 25.0 Å². The fourth-order valence-corrected chi connectivity index (χ4v) is 3.95. The highest BCUT2D eigenvalue weighted by Crippen LogP contribution is 2.16. The number of amides is 4. The number of pyridine rings is 1. The largest absolute Gasteiger partial charge is 0.467 e. The van der Waals surface area contributed by atoms with Gasteiger partial charge in [0.2, 0.25) is 5.91 Å². The summed E-state index contributed by atoms with van der Waals surface area (Å²) in [5.74, 6) is 0.255. The number of imide groups is 1. The Labute approximate surface area is 181 Å². The molecule has 2 saturated heterocycles. The molecule has 1 atom stereocenters. The van der Waals surface area contributed by atoms with Gasteiger partial charge in [0.1, 0.15) is 11.8 Å². The first kappa shape index (κ1) is 21.0. The van der Waals surface area contributed by atoms with Crippen LogP contribution in [0.3, 0.4) is 0 Å². The van der Waals surface area contributed by atoms with Crippen LogP contribution in [-0.4, -0.2) is 76.3 Å². The molecule has 2 aromatic heterocycles. The first-order chi connectivity index (χ1) is 15.1. The van der Waals surface area contributed by atoms with Gasteiger partial charge in [-0.05, 0) is 30.7 Å². The highest BCUT2D eigenvalue weighted by molar-refractivity contribution is 6.04. The van der Waals surface area contributed by atoms with Crippen LogP contribution in [0.5, 0.6) is 0 Å². The van der Waals surface area contributed by atoms with E-state index in [1.807, 2.05) is 23.1 Å². The smallest absolute Gasteiger partial charge is 0.325 e. The van der Waals surface area contributed by atoms with Gasteiger partial charge in [0.05, 0.1) is 12.8 Å². The Hall–Kier alpha value is -3.20. The highest BCUT2D eigenvalue weighted by Gasteiger charge is 2.38. The molecule has 1 N–H and O–H groups in total. The summed E-state index contributed by atoms with van der Waals surface area (Å²) >= 11 is 0. The Bertz CT molecular complexity index is 894. The molecule has 2 fully saturated rings. The van der Waals surface area contributed by atoms with E-state index >= 15 is 0 Å². The topological polar surface area (TPSA) is 99.0 Å². The summed E-state index contributed by atoms with van der Waals surface area (Å²) in [5, 5.41) is 2.67. The van der Waals surface area contributed by atoms with Gasteiger partial charge in [-0.2, -0.15) is 0 Å². The fraction of sp³-hybridized carbons (Fsp3) is 0.455. The second kappa shape index (κ2) is 9.74. The van der Waals surface area contributed by atoms with Crippen molar-refractivity contribution in [2.24, 2.45) is 0 Å². The number of nitrogens with zero attached hydrogens (tertiary/aromatic N) is 4. The van der Waals surface area contributed by atoms with Crippen molar-refractivity contribution < 1.29 is 18.8 Å². The number of carbonyl (C=O) groups excluding carboxylic acids is 3. The van der Waals surface area contributed by atoms with Crippen LogP contribution < -0.4 is 5.32 Å². The van der Waals surface area contributed by atoms with Crippen molar-refractivity contribution in [3.63, 3.8) is 0 Å². The number of furan rings is 1. The minimum absolute atomic E-state index is 0.0240. The van der Waals surface area contributed by atoms with Gasteiger partial charge in [-0.1, -0.05) is 6.07 Å². The van der Waals surface area contributed by atoms with Crippen LogP contribution in [0.25, 0.3) is 0 Å². The Kier molecular flexibility index (Phi) is 6.61. The van der Waals surface area contributed by atoms with E-state index in [1.165, 1.54) is 6.26 Å². The molecule has 0 aliphatic carbocycles. The van der Waals surface area contributed by atoms with Gasteiger partial charge in [-0.25, -0.2) is 4.79 Å². The Morgan fingerprint density at radius 2 is 1.97 bits per heavy atom. The van der Waals surface area contributed by atoms with E-state index in [2.05, 4.69) is 15.2 Å². The van der Waals surface area contributed by atoms with Gasteiger partial charge in [0.25, 0.3) is 5.91 Å². The highest BCUT2D eigenvalue weighted by atomic mass is 16.3. The maximum absolute atomic E-state index is 12.6. The third-order valence-electron chi connectivity index (χ3n) is 5.78. The van der Waals surface area contributed by atoms with Crippen LogP contribution in [0.15, 0.2) is 47.2 Å². The van der Waals surface area contributed by atoms with Gasteiger partial charge < -0.3 is 14.6 Å². The molecule has 4 amide bonds. The Balaban J connectivity index is 1.18. The summed E-state index contributed by atoms with van der Waals surface area (Å²) < 4.78 is 5.21. The molecule has 0 spiro atoms. The van der Waals surface area contributed by atoms with E-state index in [0.717, 1.165) is 36.6 Å². The molecule has 2 aliphatic heterocycles. The minimum Gasteiger partial charge on any atom is -0.467 e. The summed E-state index contributed by atoms with van der Waals surface area (Å²) in [6.45, 7) is 4.03. The molecule has 2 aliphatic rings. The molecule has 0 aromatic carbocycles. The lowest BCUT2D eigenvalue weighted by atomic mass is 10.1. The molecule has 4 heterocycles. The van der Waals surface area contributed by atoms with Crippen molar-refractivity contribution in [3.05, 3.63) is 54.2 Å². The third-order valence-corrected chi connectivity index (χ3v) is 5.78. The van der Waals surface area contributed by atoms with Crippen molar-refractivity contribution in [2.75, 3.05) is 32.7 Å². The molecule has 0 radical (unpaired) electrons. The molecule has 0 saturated carbocycles. The van der Waals surface area contributed by atoms with Crippen LogP contribution in [0.4, 0.5) is 4.79 Å². The molecule has 9 heteroatoms. The first-order valence-electron chi connectivity index (χ1n) is 10.6. The van der Waals surface area contributed by atoms with E-state index in [9.17, 15) is 14.4 Å². The predicted molar refractivity (Wildman–Crippen MR) is 112 cm³/mol. The third kappa shape index (κ3) is 5.29.